The largest absolute Gasteiger partial charge is 0.451 e. The third-order valence-corrected chi connectivity index (χ3v) is 3.07. The van der Waals surface area contributed by atoms with Crippen LogP contribution in [-0.4, -0.2) is 28.1 Å². The number of rotatable bonds is 3. The molecule has 0 saturated heterocycles. The molecule has 0 aliphatic rings. The minimum atomic E-state index is -0.180. The zero-order valence-electron chi connectivity index (χ0n) is 11.0. The third kappa shape index (κ3) is 2.23. The number of H-pyrrole nitrogens is 1. The van der Waals surface area contributed by atoms with Crippen LogP contribution in [0.1, 0.15) is 16.1 Å². The van der Waals surface area contributed by atoms with Gasteiger partial charge in [0.1, 0.15) is 5.58 Å². The van der Waals surface area contributed by atoms with Gasteiger partial charge in [-0.1, -0.05) is 0 Å². The van der Waals surface area contributed by atoms with E-state index >= 15 is 0 Å². The summed E-state index contributed by atoms with van der Waals surface area (Å²) >= 11 is 0. The van der Waals surface area contributed by atoms with Gasteiger partial charge in [-0.15, -0.1) is 0 Å². The van der Waals surface area contributed by atoms with Gasteiger partial charge in [0.25, 0.3) is 5.91 Å². The summed E-state index contributed by atoms with van der Waals surface area (Å²) < 4.78 is 5.55. The van der Waals surface area contributed by atoms with Crippen LogP contribution in [0.2, 0.25) is 0 Å². The van der Waals surface area contributed by atoms with Crippen molar-refractivity contribution in [2.24, 2.45) is 0 Å². The standard InChI is InChI=1S/C14H14N4O2/c1-18(8-9-6-16-17-7-9)14(19)13-5-10-4-11(15)2-3-12(10)20-13/h2-7H,8,15H2,1H3,(H,16,17). The van der Waals surface area contributed by atoms with E-state index in [2.05, 4.69) is 10.2 Å². The second-order valence-electron chi connectivity index (χ2n) is 4.68. The summed E-state index contributed by atoms with van der Waals surface area (Å²) in [7, 11) is 1.72. The molecule has 3 aromatic rings. The molecule has 3 rings (SSSR count). The zero-order valence-corrected chi connectivity index (χ0v) is 11.0. The van der Waals surface area contributed by atoms with E-state index in [1.807, 2.05) is 0 Å². The highest BCUT2D eigenvalue weighted by atomic mass is 16.3. The van der Waals surface area contributed by atoms with E-state index in [1.165, 1.54) is 0 Å². The van der Waals surface area contributed by atoms with Crippen molar-refractivity contribution in [3.63, 3.8) is 0 Å². The van der Waals surface area contributed by atoms with Crippen LogP contribution in [0, 0.1) is 0 Å². The monoisotopic (exact) mass is 270 g/mol. The molecule has 1 aromatic carbocycles. The lowest BCUT2D eigenvalue weighted by molar-refractivity contribution is 0.0756. The number of amides is 1. The van der Waals surface area contributed by atoms with Crippen molar-refractivity contribution >= 4 is 22.6 Å². The molecule has 0 atom stereocenters. The number of nitrogens with zero attached hydrogens (tertiary/aromatic N) is 2. The molecular formula is C14H14N4O2. The van der Waals surface area contributed by atoms with Gasteiger partial charge in [-0.05, 0) is 24.3 Å². The molecule has 0 fully saturated rings. The van der Waals surface area contributed by atoms with Crippen LogP contribution < -0.4 is 5.73 Å². The Labute approximate surface area is 115 Å². The van der Waals surface area contributed by atoms with Gasteiger partial charge in [0.15, 0.2) is 5.76 Å². The molecule has 1 amide bonds. The molecule has 0 unspecified atom stereocenters. The van der Waals surface area contributed by atoms with E-state index in [0.29, 0.717) is 23.6 Å². The highest BCUT2D eigenvalue weighted by Crippen LogP contribution is 2.22. The second-order valence-corrected chi connectivity index (χ2v) is 4.68. The number of nitrogens with one attached hydrogen (secondary N) is 1. The Morgan fingerprint density at radius 2 is 2.30 bits per heavy atom. The number of carbonyl (C=O) groups is 1. The molecule has 102 valence electrons. The summed E-state index contributed by atoms with van der Waals surface area (Å²) in [6, 6.07) is 7.00. The van der Waals surface area contributed by atoms with Crippen molar-refractivity contribution in [2.45, 2.75) is 6.54 Å². The Hall–Kier alpha value is -2.76. The van der Waals surface area contributed by atoms with Crippen LogP contribution in [0.5, 0.6) is 0 Å². The van der Waals surface area contributed by atoms with Crippen molar-refractivity contribution in [1.82, 2.24) is 15.1 Å². The molecule has 0 bridgehead atoms. The van der Waals surface area contributed by atoms with Crippen molar-refractivity contribution < 1.29 is 9.21 Å². The number of aromatic nitrogens is 2. The molecule has 0 spiro atoms. The Morgan fingerprint density at radius 1 is 1.45 bits per heavy atom. The van der Waals surface area contributed by atoms with E-state index < -0.39 is 0 Å². The summed E-state index contributed by atoms with van der Waals surface area (Å²) in [6.07, 6.45) is 3.44. The zero-order chi connectivity index (χ0) is 14.1. The number of nitrogen functional groups attached to an aromatic ring is 1. The molecule has 20 heavy (non-hydrogen) atoms. The Bertz CT molecular complexity index is 746. The lowest BCUT2D eigenvalue weighted by Gasteiger charge is -2.14. The van der Waals surface area contributed by atoms with E-state index in [9.17, 15) is 4.79 Å². The van der Waals surface area contributed by atoms with Gasteiger partial charge >= 0.3 is 0 Å². The van der Waals surface area contributed by atoms with Gasteiger partial charge in [-0.2, -0.15) is 5.10 Å². The highest BCUT2D eigenvalue weighted by Gasteiger charge is 2.17. The van der Waals surface area contributed by atoms with Gasteiger partial charge in [0.05, 0.1) is 6.20 Å². The van der Waals surface area contributed by atoms with Crippen LogP contribution >= 0.6 is 0 Å². The van der Waals surface area contributed by atoms with E-state index in [1.54, 1.807) is 48.6 Å². The molecule has 0 aliphatic carbocycles. The van der Waals surface area contributed by atoms with E-state index in [4.69, 9.17) is 10.2 Å². The molecule has 2 heterocycles. The molecule has 2 aromatic heterocycles. The topological polar surface area (TPSA) is 88.2 Å². The molecule has 0 aliphatic heterocycles. The maximum Gasteiger partial charge on any atom is 0.289 e. The van der Waals surface area contributed by atoms with Crippen LogP contribution in [0.3, 0.4) is 0 Å². The highest BCUT2D eigenvalue weighted by molar-refractivity contribution is 5.96. The van der Waals surface area contributed by atoms with Crippen molar-refractivity contribution in [1.29, 1.82) is 0 Å². The number of hydrogen-bond donors (Lipinski definition) is 2. The normalized spacial score (nSPS) is 10.8. The third-order valence-electron chi connectivity index (χ3n) is 3.07. The fourth-order valence-electron chi connectivity index (χ4n) is 2.07. The lowest BCUT2D eigenvalue weighted by atomic mass is 10.2. The number of benzene rings is 1. The number of fused-ring (bicyclic) bond motifs is 1. The molecule has 6 nitrogen and oxygen atoms in total. The number of furan rings is 1. The van der Waals surface area contributed by atoms with Crippen LogP contribution in [0.15, 0.2) is 41.1 Å². The summed E-state index contributed by atoms with van der Waals surface area (Å²) in [4.78, 5) is 13.9. The Balaban J connectivity index is 1.84. The smallest absolute Gasteiger partial charge is 0.289 e. The van der Waals surface area contributed by atoms with Crippen LogP contribution in [0.4, 0.5) is 5.69 Å². The number of carbonyl (C=O) groups excluding carboxylic acids is 1. The van der Waals surface area contributed by atoms with Gasteiger partial charge in [0, 0.05) is 36.4 Å². The quantitative estimate of drug-likeness (QED) is 0.712. The summed E-state index contributed by atoms with van der Waals surface area (Å²) in [5.74, 6) is 0.123. The Kier molecular flexibility index (Phi) is 2.90. The van der Waals surface area contributed by atoms with Crippen LogP contribution in [0.25, 0.3) is 11.0 Å². The first-order valence-electron chi connectivity index (χ1n) is 6.15. The molecule has 3 N–H and O–H groups in total. The first-order chi connectivity index (χ1) is 9.63. The SMILES string of the molecule is CN(Cc1cn[nH]c1)C(=O)c1cc2cc(N)ccc2o1. The fourth-order valence-corrected chi connectivity index (χ4v) is 2.07. The minimum Gasteiger partial charge on any atom is -0.451 e. The number of aromatic amines is 1. The predicted molar refractivity (Wildman–Crippen MR) is 75.0 cm³/mol. The van der Waals surface area contributed by atoms with E-state index in [-0.39, 0.29) is 5.91 Å². The molecule has 0 radical (unpaired) electrons. The number of hydrogen-bond acceptors (Lipinski definition) is 4. The lowest BCUT2D eigenvalue weighted by Crippen LogP contribution is -2.25. The molecular weight excluding hydrogens is 256 g/mol. The first kappa shape index (κ1) is 12.3. The van der Waals surface area contributed by atoms with Gasteiger partial charge in [-0.25, -0.2) is 0 Å². The summed E-state index contributed by atoms with van der Waals surface area (Å²) in [5, 5.41) is 7.39. The number of anilines is 1. The summed E-state index contributed by atoms with van der Waals surface area (Å²) in [6.45, 7) is 0.467. The average Bonchev–Trinajstić information content (AvgIpc) is 3.06. The number of nitrogens with two attached hydrogens (primary N) is 1. The van der Waals surface area contributed by atoms with Crippen molar-refractivity contribution in [3.05, 3.63) is 48.0 Å². The fraction of sp³-hybridized carbons (Fsp3) is 0.143. The average molecular weight is 270 g/mol. The maximum atomic E-state index is 12.3. The van der Waals surface area contributed by atoms with Gasteiger partial charge in [-0.3, -0.25) is 9.89 Å². The maximum absolute atomic E-state index is 12.3. The minimum absolute atomic E-state index is 0.180. The van der Waals surface area contributed by atoms with Gasteiger partial charge in [0.2, 0.25) is 0 Å². The van der Waals surface area contributed by atoms with E-state index in [0.717, 1.165) is 10.9 Å². The van der Waals surface area contributed by atoms with Crippen molar-refractivity contribution in [2.75, 3.05) is 12.8 Å². The van der Waals surface area contributed by atoms with Crippen molar-refractivity contribution in [3.8, 4) is 0 Å². The molecule has 6 heteroatoms. The van der Waals surface area contributed by atoms with Gasteiger partial charge < -0.3 is 15.1 Å². The second kappa shape index (κ2) is 4.73. The first-order valence-corrected chi connectivity index (χ1v) is 6.15. The van der Waals surface area contributed by atoms with Crippen LogP contribution in [-0.2, 0) is 6.54 Å². The predicted octanol–water partition coefficient (Wildman–Crippen LogP) is 2.01. The molecule has 0 saturated carbocycles. The Morgan fingerprint density at radius 3 is 3.05 bits per heavy atom. The summed E-state index contributed by atoms with van der Waals surface area (Å²) in [5.41, 5.74) is 7.94.